The van der Waals surface area contributed by atoms with Crippen LogP contribution in [0.25, 0.3) is 0 Å². The molecule has 7 heteroatoms. The molecule has 3 aliphatic heterocycles. The van der Waals surface area contributed by atoms with Crippen LogP contribution in [0.5, 0.6) is 0 Å². The lowest BCUT2D eigenvalue weighted by atomic mass is 10.1. The van der Waals surface area contributed by atoms with Crippen LogP contribution in [-0.4, -0.2) is 49.7 Å². The van der Waals surface area contributed by atoms with Gasteiger partial charge in [-0.3, -0.25) is 4.90 Å². The highest BCUT2D eigenvalue weighted by molar-refractivity contribution is 7.89. The summed E-state index contributed by atoms with van der Waals surface area (Å²) in [5.74, 6) is 0.739. The molecule has 0 saturated carbocycles. The molecule has 1 aromatic rings. The van der Waals surface area contributed by atoms with Crippen LogP contribution in [0.1, 0.15) is 29.8 Å². The van der Waals surface area contributed by atoms with Gasteiger partial charge < -0.3 is 15.0 Å². The molecule has 1 fully saturated rings. The number of ether oxygens (including phenoxy) is 1. The highest BCUT2D eigenvalue weighted by Crippen LogP contribution is 2.32. The number of nitrogens with two attached hydrogens (primary N) is 1. The van der Waals surface area contributed by atoms with E-state index < -0.39 is 11.4 Å². The minimum Gasteiger partial charge on any atom is -0.591 e. The third kappa shape index (κ3) is 2.08. The number of aromatic nitrogens is 2. The second kappa shape index (κ2) is 4.99. The Morgan fingerprint density at radius 2 is 2.25 bits per heavy atom. The molecule has 0 spiro atoms. The monoisotopic (exact) mass is 296 g/mol. The Labute approximate surface area is 121 Å². The predicted molar refractivity (Wildman–Crippen MR) is 75.4 cm³/mol. The number of rotatable bonds is 1. The van der Waals surface area contributed by atoms with E-state index >= 15 is 0 Å². The third-order valence-electron chi connectivity index (χ3n) is 4.51. The second-order valence-corrected chi connectivity index (χ2v) is 7.36. The summed E-state index contributed by atoms with van der Waals surface area (Å²) in [4.78, 5) is 2.41. The van der Waals surface area contributed by atoms with Gasteiger partial charge in [-0.25, -0.2) is 0 Å². The first kappa shape index (κ1) is 13.1. The summed E-state index contributed by atoms with van der Waals surface area (Å²) in [6.45, 7) is 3.18. The molecule has 0 bridgehead atoms. The standard InChI is InChI=1S/C13H20N4O2S/c14-9-4-10(8-19-7-9)16-5-11-12(6-16)15-17-13(11)2-1-3-20(17)18/h9-10H,1-8,14H2. The Kier molecular flexibility index (Phi) is 3.27. The summed E-state index contributed by atoms with van der Waals surface area (Å²) in [5.41, 5.74) is 9.59. The van der Waals surface area contributed by atoms with Crippen molar-refractivity contribution in [2.75, 3.05) is 19.0 Å². The highest BCUT2D eigenvalue weighted by Gasteiger charge is 2.36. The zero-order chi connectivity index (χ0) is 13.7. The zero-order valence-corrected chi connectivity index (χ0v) is 12.3. The maximum Gasteiger partial charge on any atom is 0.133 e. The summed E-state index contributed by atoms with van der Waals surface area (Å²) in [5, 5.41) is 4.58. The van der Waals surface area contributed by atoms with Crippen molar-refractivity contribution in [2.24, 2.45) is 5.73 Å². The quantitative estimate of drug-likeness (QED) is 0.724. The number of fused-ring (bicyclic) bond motifs is 3. The molecule has 0 aliphatic carbocycles. The summed E-state index contributed by atoms with van der Waals surface area (Å²) < 4.78 is 19.3. The van der Waals surface area contributed by atoms with E-state index in [0.29, 0.717) is 12.6 Å². The molecule has 4 rings (SSSR count). The highest BCUT2D eigenvalue weighted by atomic mass is 32.2. The molecule has 20 heavy (non-hydrogen) atoms. The Morgan fingerprint density at radius 1 is 1.35 bits per heavy atom. The number of hydrogen-bond acceptors (Lipinski definition) is 5. The predicted octanol–water partition coefficient (Wildman–Crippen LogP) is -0.227. The molecule has 2 N–H and O–H groups in total. The van der Waals surface area contributed by atoms with Crippen LogP contribution in [-0.2, 0) is 35.6 Å². The molecule has 4 heterocycles. The maximum absolute atomic E-state index is 12.0. The zero-order valence-electron chi connectivity index (χ0n) is 11.5. The van der Waals surface area contributed by atoms with Crippen molar-refractivity contribution in [3.63, 3.8) is 0 Å². The van der Waals surface area contributed by atoms with Gasteiger partial charge in [0, 0.05) is 37.2 Å². The van der Waals surface area contributed by atoms with Gasteiger partial charge in [0.25, 0.3) is 0 Å². The fourth-order valence-electron chi connectivity index (χ4n) is 3.49. The van der Waals surface area contributed by atoms with Crippen molar-refractivity contribution in [1.29, 1.82) is 0 Å². The molecule has 3 unspecified atom stereocenters. The van der Waals surface area contributed by atoms with E-state index in [1.807, 2.05) is 0 Å². The molecule has 0 amide bonds. The Morgan fingerprint density at radius 3 is 3.10 bits per heavy atom. The number of nitrogens with zero attached hydrogens (tertiary/aromatic N) is 3. The van der Waals surface area contributed by atoms with Crippen LogP contribution < -0.4 is 5.73 Å². The molecular weight excluding hydrogens is 276 g/mol. The van der Waals surface area contributed by atoms with E-state index in [0.717, 1.165) is 50.4 Å². The molecule has 110 valence electrons. The smallest absolute Gasteiger partial charge is 0.133 e. The van der Waals surface area contributed by atoms with E-state index in [4.69, 9.17) is 10.5 Å². The molecule has 0 radical (unpaired) electrons. The first-order chi connectivity index (χ1) is 9.72. The van der Waals surface area contributed by atoms with Crippen LogP contribution in [0.2, 0.25) is 0 Å². The lowest BCUT2D eigenvalue weighted by Gasteiger charge is -2.33. The molecule has 1 aromatic heterocycles. The van der Waals surface area contributed by atoms with Crippen LogP contribution in [0, 0.1) is 0 Å². The van der Waals surface area contributed by atoms with E-state index in [9.17, 15) is 4.55 Å². The van der Waals surface area contributed by atoms with Crippen molar-refractivity contribution in [3.05, 3.63) is 17.0 Å². The second-order valence-electron chi connectivity index (χ2n) is 5.97. The Hall–Kier alpha value is -0.600. The first-order valence-electron chi connectivity index (χ1n) is 7.28. The van der Waals surface area contributed by atoms with Gasteiger partial charge in [0.15, 0.2) is 0 Å². The van der Waals surface area contributed by atoms with Crippen LogP contribution in [0.15, 0.2) is 0 Å². The van der Waals surface area contributed by atoms with Crippen molar-refractivity contribution >= 4 is 11.4 Å². The van der Waals surface area contributed by atoms with Gasteiger partial charge in [0.05, 0.1) is 36.0 Å². The lowest BCUT2D eigenvalue weighted by molar-refractivity contribution is 0.00500. The van der Waals surface area contributed by atoms with Gasteiger partial charge in [0.2, 0.25) is 0 Å². The van der Waals surface area contributed by atoms with Crippen LogP contribution in [0.3, 0.4) is 0 Å². The van der Waals surface area contributed by atoms with Crippen molar-refractivity contribution in [3.8, 4) is 0 Å². The van der Waals surface area contributed by atoms with Gasteiger partial charge in [-0.05, 0) is 12.8 Å². The molecule has 3 atom stereocenters. The molecule has 0 aromatic carbocycles. The van der Waals surface area contributed by atoms with E-state index in [2.05, 4.69) is 10.00 Å². The maximum atomic E-state index is 12.0. The normalized spacial score (nSPS) is 34.0. The Balaban J connectivity index is 1.54. The molecule has 3 aliphatic rings. The van der Waals surface area contributed by atoms with Gasteiger partial charge in [0.1, 0.15) is 5.75 Å². The number of hydrogen-bond donors (Lipinski definition) is 1. The van der Waals surface area contributed by atoms with Gasteiger partial charge in [-0.15, -0.1) is 5.10 Å². The van der Waals surface area contributed by atoms with Crippen LogP contribution in [0.4, 0.5) is 0 Å². The third-order valence-corrected chi connectivity index (χ3v) is 5.84. The minimum atomic E-state index is -0.952. The molecule has 6 nitrogen and oxygen atoms in total. The van der Waals surface area contributed by atoms with Crippen LogP contribution >= 0.6 is 0 Å². The summed E-state index contributed by atoms with van der Waals surface area (Å²) in [7, 11) is 0. The topological polar surface area (TPSA) is 79.4 Å². The fourth-order valence-corrected chi connectivity index (χ4v) is 4.69. The average molecular weight is 296 g/mol. The van der Waals surface area contributed by atoms with Crippen molar-refractivity contribution < 1.29 is 9.29 Å². The molecule has 1 saturated heterocycles. The van der Waals surface area contributed by atoms with Crippen molar-refractivity contribution in [1.82, 2.24) is 14.1 Å². The summed E-state index contributed by atoms with van der Waals surface area (Å²) in [6, 6.07) is 0.537. The lowest BCUT2D eigenvalue weighted by Crippen LogP contribution is -2.46. The van der Waals surface area contributed by atoms with E-state index in [1.54, 1.807) is 4.09 Å². The van der Waals surface area contributed by atoms with Gasteiger partial charge in [-0.1, -0.05) is 4.09 Å². The minimum absolute atomic E-state index is 0.146. The summed E-state index contributed by atoms with van der Waals surface area (Å²) in [6.07, 6.45) is 3.00. The average Bonchev–Trinajstić information content (AvgIpc) is 2.98. The Bertz CT molecular complexity index is 521. The van der Waals surface area contributed by atoms with E-state index in [1.165, 1.54) is 11.3 Å². The first-order valence-corrected chi connectivity index (χ1v) is 8.56. The SMILES string of the molecule is NC1COCC(N2Cc3nn4c(c3C2)CCC[S+]4[O-])C1. The fraction of sp³-hybridized carbons (Fsp3) is 0.769. The van der Waals surface area contributed by atoms with Gasteiger partial charge in [-0.2, -0.15) is 0 Å². The van der Waals surface area contributed by atoms with Crippen molar-refractivity contribution in [2.45, 2.75) is 44.4 Å². The molecular formula is C13H20N4O2S. The largest absolute Gasteiger partial charge is 0.591 e. The van der Waals surface area contributed by atoms with Gasteiger partial charge >= 0.3 is 0 Å². The summed E-state index contributed by atoms with van der Waals surface area (Å²) >= 11 is -0.952. The van der Waals surface area contributed by atoms with E-state index in [-0.39, 0.29) is 6.04 Å².